The minimum Gasteiger partial charge on any atom is -0.398 e. The fourth-order valence-corrected chi connectivity index (χ4v) is 8.84. The molecule has 7 aromatic rings. The Bertz CT molecular complexity index is 2820. The Kier molecular flexibility index (Phi) is 13.5. The summed E-state index contributed by atoms with van der Waals surface area (Å²) in [6, 6.07) is 34.8. The normalized spacial score (nSPS) is 11.3. The summed E-state index contributed by atoms with van der Waals surface area (Å²) in [5.74, 6) is 0.659. The third-order valence-corrected chi connectivity index (χ3v) is 13.6. The van der Waals surface area contributed by atoms with E-state index >= 15 is 0 Å². The lowest BCUT2D eigenvalue weighted by Crippen LogP contribution is -2.34. The lowest BCUT2D eigenvalue weighted by Gasteiger charge is -2.20. The fraction of sp³-hybridized carbons (Fsp3) is 0.182. The highest BCUT2D eigenvalue weighted by atomic mass is 32.2. The molecule has 1 amide bonds. The molecule has 17 heteroatoms. The number of hydrogen-bond donors (Lipinski definition) is 4. The maximum atomic E-state index is 13.1. The third-order valence-electron chi connectivity index (χ3n) is 10.1. The molecule has 15 nitrogen and oxygen atoms in total. The van der Waals surface area contributed by atoms with Crippen LogP contribution in [0.2, 0.25) is 0 Å². The van der Waals surface area contributed by atoms with Crippen molar-refractivity contribution in [2.24, 2.45) is 7.05 Å². The average Bonchev–Trinajstić information content (AvgIpc) is 3.60. The van der Waals surface area contributed by atoms with Gasteiger partial charge in [0.15, 0.2) is 37.9 Å². The van der Waals surface area contributed by atoms with Crippen molar-refractivity contribution in [2.75, 3.05) is 51.9 Å². The molecule has 6 N–H and O–H groups in total. The Balaban J connectivity index is 0.000000204. The maximum Gasteiger partial charge on any atom is 0.264 e. The van der Waals surface area contributed by atoms with E-state index in [0.29, 0.717) is 46.9 Å². The van der Waals surface area contributed by atoms with Crippen LogP contribution in [0.5, 0.6) is 0 Å². The van der Waals surface area contributed by atoms with Crippen LogP contribution in [0.15, 0.2) is 156 Å². The number of imidazole rings is 1. The van der Waals surface area contributed by atoms with Gasteiger partial charge >= 0.3 is 0 Å². The number of nitrogen functional groups attached to an aromatic ring is 2. The third kappa shape index (κ3) is 10.4. The number of aryl methyl sites for hydroxylation is 4. The van der Waals surface area contributed by atoms with Gasteiger partial charge in [-0.15, -0.1) is 0 Å². The van der Waals surface area contributed by atoms with Crippen molar-refractivity contribution in [3.05, 3.63) is 152 Å². The smallest absolute Gasteiger partial charge is 0.264 e. The molecule has 316 valence electrons. The van der Waals surface area contributed by atoms with Gasteiger partial charge in [-0.25, -0.2) is 31.0 Å². The number of amides is 1. The number of hydrogen-bond acceptors (Lipinski definition) is 9. The molecule has 0 fully saturated rings. The summed E-state index contributed by atoms with van der Waals surface area (Å²) in [6.45, 7) is 1.22. The molecule has 4 aromatic carbocycles. The van der Waals surface area contributed by atoms with E-state index in [1.165, 1.54) is 27.8 Å². The molecule has 7 rings (SSSR count). The zero-order chi connectivity index (χ0) is 43.7. The number of nitrogens with zero attached hydrogens (tertiary/aromatic N) is 6. The van der Waals surface area contributed by atoms with E-state index in [-0.39, 0.29) is 22.1 Å². The molecule has 0 spiro atoms. The van der Waals surface area contributed by atoms with E-state index in [1.807, 2.05) is 75.6 Å². The molecular weight excluding hydrogens is 813 g/mol. The zero-order valence-corrected chi connectivity index (χ0v) is 36.0. The minimum absolute atomic E-state index is 0.0843. The second-order valence-electron chi connectivity index (χ2n) is 14.1. The molecule has 3 aromatic heterocycles. The lowest BCUT2D eigenvalue weighted by atomic mass is 10.2. The van der Waals surface area contributed by atoms with Crippen LogP contribution in [0.4, 0.5) is 34.1 Å². The van der Waals surface area contributed by atoms with Crippen LogP contribution in [-0.2, 0) is 51.4 Å². The molecule has 0 atom stereocenters. The molecular formula is C44H50N10O5S2+2. The van der Waals surface area contributed by atoms with E-state index in [9.17, 15) is 21.6 Å². The number of nitrogens with one attached hydrogen (secondary N) is 2. The van der Waals surface area contributed by atoms with Gasteiger partial charge < -0.3 is 26.7 Å². The van der Waals surface area contributed by atoms with Crippen molar-refractivity contribution in [3.63, 3.8) is 0 Å². The SMILES string of the molecule is CN(c1ccccc1)S(=O)(=O)c1ccc2c(c1)nc(CC[n+]1ccc(N)cc1)n2C.CNc1ccc(S(=O)(=O)N(C)c2ccccc2)cc1NC(=O)CC[n+]1ccc(N)cc1. The minimum atomic E-state index is -3.80. The standard InChI is InChI=1S/C22H25N5O3S.C22H23N5O2S/c1-24-20-9-8-19(31(29,30)26(2)18-6-4-3-5-7-18)16-21(20)25-22(28)12-15-27-13-10-17(23)11-14-27;1-25-21-9-8-19(30(28,29)26(2)18-6-4-3-5-7-18)16-20(21)24-22(25)12-15-27-13-10-17(23)11-14-27/h3-11,13-14,16,23-24H,12,15H2,1-2H3,(H,25,28);3-11,13-14,16,23H,12,15H2,1-2H3/p+2. The van der Waals surface area contributed by atoms with Crippen LogP contribution in [0.25, 0.3) is 11.0 Å². The van der Waals surface area contributed by atoms with Gasteiger partial charge in [-0.1, -0.05) is 36.4 Å². The number of pyridine rings is 2. The van der Waals surface area contributed by atoms with E-state index in [0.717, 1.165) is 23.6 Å². The summed E-state index contributed by atoms with van der Waals surface area (Å²) in [6.07, 6.45) is 8.40. The number of rotatable bonds is 14. The molecule has 0 saturated carbocycles. The van der Waals surface area contributed by atoms with E-state index in [1.54, 1.807) is 93.2 Å². The zero-order valence-electron chi connectivity index (χ0n) is 34.4. The van der Waals surface area contributed by atoms with Crippen LogP contribution in [-0.4, -0.2) is 53.4 Å². The van der Waals surface area contributed by atoms with E-state index < -0.39 is 20.0 Å². The highest BCUT2D eigenvalue weighted by Crippen LogP contribution is 2.29. The monoisotopic (exact) mass is 862 g/mol. The quantitative estimate of drug-likeness (QED) is 0.109. The molecule has 0 saturated heterocycles. The van der Waals surface area contributed by atoms with Crippen LogP contribution >= 0.6 is 0 Å². The summed E-state index contributed by atoms with van der Waals surface area (Å²) >= 11 is 0. The second kappa shape index (κ2) is 18.9. The largest absolute Gasteiger partial charge is 0.398 e. The number of benzene rings is 4. The topological polar surface area (TPSA) is 194 Å². The van der Waals surface area contributed by atoms with Crippen LogP contribution < -0.4 is 39.8 Å². The van der Waals surface area contributed by atoms with Gasteiger partial charge in [-0.05, 0) is 60.7 Å². The van der Waals surface area contributed by atoms with Crippen molar-refractivity contribution < 1.29 is 30.8 Å². The van der Waals surface area contributed by atoms with Gasteiger partial charge in [0, 0.05) is 63.8 Å². The first-order chi connectivity index (χ1) is 29.2. The number of aromatic nitrogens is 4. The van der Waals surface area contributed by atoms with Crippen LogP contribution in [0.1, 0.15) is 12.2 Å². The molecule has 0 unspecified atom stereocenters. The Morgan fingerprint density at radius 3 is 1.69 bits per heavy atom. The van der Waals surface area contributed by atoms with Crippen LogP contribution in [0, 0.1) is 0 Å². The van der Waals surface area contributed by atoms with Crippen molar-refractivity contribution >= 4 is 71.1 Å². The summed E-state index contributed by atoms with van der Waals surface area (Å²) in [5.41, 5.74) is 16.5. The predicted octanol–water partition coefficient (Wildman–Crippen LogP) is 4.96. The molecule has 0 bridgehead atoms. The summed E-state index contributed by atoms with van der Waals surface area (Å²) in [4.78, 5) is 17.5. The van der Waals surface area contributed by atoms with E-state index in [4.69, 9.17) is 16.5 Å². The Hall–Kier alpha value is -6.98. The number of fused-ring (bicyclic) bond motifs is 1. The number of nitrogens with two attached hydrogens (primary N) is 2. The van der Waals surface area contributed by atoms with Gasteiger partial charge in [-0.2, -0.15) is 0 Å². The van der Waals surface area contributed by atoms with Crippen molar-refractivity contribution in [1.29, 1.82) is 0 Å². The predicted molar refractivity (Wildman–Crippen MR) is 240 cm³/mol. The van der Waals surface area contributed by atoms with Gasteiger partial charge in [0.1, 0.15) is 5.82 Å². The Labute approximate surface area is 356 Å². The Morgan fingerprint density at radius 2 is 1.16 bits per heavy atom. The molecule has 0 aliphatic rings. The summed E-state index contributed by atoms with van der Waals surface area (Å²) in [5, 5.41) is 5.79. The van der Waals surface area contributed by atoms with Gasteiger partial charge in [0.25, 0.3) is 20.0 Å². The first kappa shape index (κ1) is 43.6. The number of sulfonamides is 2. The number of para-hydroxylation sites is 2. The summed E-state index contributed by atoms with van der Waals surface area (Å²) in [7, 11) is -0.763. The highest BCUT2D eigenvalue weighted by molar-refractivity contribution is 7.93. The van der Waals surface area contributed by atoms with E-state index in [2.05, 4.69) is 10.6 Å². The van der Waals surface area contributed by atoms with Crippen molar-refractivity contribution in [1.82, 2.24) is 9.55 Å². The average molecular weight is 863 g/mol. The number of carbonyl (C=O) groups is 1. The second-order valence-corrected chi connectivity index (χ2v) is 18.0. The number of anilines is 6. The van der Waals surface area contributed by atoms with Crippen molar-refractivity contribution in [2.45, 2.75) is 35.7 Å². The van der Waals surface area contributed by atoms with Gasteiger partial charge in [-0.3, -0.25) is 13.4 Å². The molecule has 61 heavy (non-hydrogen) atoms. The first-order valence-electron chi connectivity index (χ1n) is 19.3. The molecule has 0 aliphatic carbocycles. The molecule has 0 radical (unpaired) electrons. The first-order valence-corrected chi connectivity index (χ1v) is 22.2. The maximum absolute atomic E-state index is 13.1. The fourth-order valence-electron chi connectivity index (χ4n) is 6.40. The molecule has 3 heterocycles. The number of carbonyl (C=O) groups excluding carboxylic acids is 1. The van der Waals surface area contributed by atoms with Crippen LogP contribution in [0.3, 0.4) is 0 Å². The Morgan fingerprint density at radius 1 is 0.672 bits per heavy atom. The van der Waals surface area contributed by atoms with Gasteiger partial charge in [0.05, 0.1) is 56.4 Å². The highest BCUT2D eigenvalue weighted by Gasteiger charge is 2.24. The lowest BCUT2D eigenvalue weighted by molar-refractivity contribution is -0.696. The van der Waals surface area contributed by atoms with Crippen molar-refractivity contribution in [3.8, 4) is 0 Å². The van der Waals surface area contributed by atoms with Gasteiger partial charge in [0.2, 0.25) is 5.91 Å². The molecule has 0 aliphatic heterocycles. The summed E-state index contributed by atoms with van der Waals surface area (Å²) < 4.78 is 60.7.